The van der Waals surface area contributed by atoms with Gasteiger partial charge in [0, 0.05) is 43.3 Å². The van der Waals surface area contributed by atoms with E-state index in [1.165, 1.54) is 12.1 Å². The summed E-state index contributed by atoms with van der Waals surface area (Å²) >= 11 is 3.42. The summed E-state index contributed by atoms with van der Waals surface area (Å²) in [7, 11) is 0. The Morgan fingerprint density at radius 1 is 1.21 bits per heavy atom. The minimum Gasteiger partial charge on any atom is -0.370 e. The summed E-state index contributed by atoms with van der Waals surface area (Å²) in [5.74, 6) is 2.11. The van der Waals surface area contributed by atoms with Gasteiger partial charge in [-0.1, -0.05) is 0 Å². The molecule has 0 aliphatic carbocycles. The van der Waals surface area contributed by atoms with E-state index < -0.39 is 0 Å². The van der Waals surface area contributed by atoms with Gasteiger partial charge in [0.05, 0.1) is 18.6 Å². The van der Waals surface area contributed by atoms with Crippen LogP contribution in [0.3, 0.4) is 0 Å². The monoisotopic (exact) mass is 440 g/mol. The van der Waals surface area contributed by atoms with Crippen LogP contribution < -0.4 is 15.5 Å². The van der Waals surface area contributed by atoms with Crippen LogP contribution in [0, 0.1) is 5.92 Å². The zero-order chi connectivity index (χ0) is 19.1. The van der Waals surface area contributed by atoms with E-state index >= 15 is 0 Å². The highest BCUT2D eigenvalue weighted by molar-refractivity contribution is 9.10. The van der Waals surface area contributed by atoms with Crippen molar-refractivity contribution < 1.29 is 0 Å². The first-order valence-corrected chi connectivity index (χ1v) is 10.3. The molecule has 28 heavy (non-hydrogen) atoms. The number of hydrogen-bond donors (Lipinski definition) is 2. The van der Waals surface area contributed by atoms with E-state index in [9.17, 15) is 0 Å². The summed E-state index contributed by atoms with van der Waals surface area (Å²) in [6.45, 7) is 4.09. The second-order valence-electron chi connectivity index (χ2n) is 7.24. The molecule has 2 unspecified atom stereocenters. The Bertz CT molecular complexity index is 1050. The van der Waals surface area contributed by atoms with E-state index in [1.807, 2.05) is 22.9 Å². The van der Waals surface area contributed by atoms with Gasteiger partial charge in [-0.2, -0.15) is 0 Å². The molecule has 0 radical (unpaired) electrons. The Hall–Kier alpha value is -2.68. The van der Waals surface area contributed by atoms with E-state index in [1.54, 1.807) is 12.4 Å². The van der Waals surface area contributed by atoms with Gasteiger partial charge in [-0.3, -0.25) is 4.40 Å². The lowest BCUT2D eigenvalue weighted by Crippen LogP contribution is -2.39. The Kier molecular flexibility index (Phi) is 4.38. The van der Waals surface area contributed by atoms with Crippen molar-refractivity contribution in [1.29, 1.82) is 0 Å². The topological polar surface area (TPSA) is 83.3 Å². The first-order chi connectivity index (χ1) is 13.7. The van der Waals surface area contributed by atoms with E-state index in [0.29, 0.717) is 17.9 Å². The maximum atomic E-state index is 4.86. The molecule has 5 heterocycles. The van der Waals surface area contributed by atoms with Gasteiger partial charge < -0.3 is 15.5 Å². The lowest BCUT2D eigenvalue weighted by Gasteiger charge is -2.34. The van der Waals surface area contributed by atoms with Crippen LogP contribution in [0.4, 0.5) is 5.82 Å². The Morgan fingerprint density at radius 3 is 3.00 bits per heavy atom. The highest BCUT2D eigenvalue weighted by Gasteiger charge is 2.27. The molecule has 3 aromatic rings. The van der Waals surface area contributed by atoms with Crippen molar-refractivity contribution in [2.24, 2.45) is 5.92 Å². The number of halogens is 1. The average molecular weight is 441 g/mol. The number of nitrogens with zero attached hydrogens (tertiary/aromatic N) is 6. The number of fused-ring (bicyclic) bond motifs is 1. The molecule has 144 valence electrons. The van der Waals surface area contributed by atoms with Crippen molar-refractivity contribution in [3.05, 3.63) is 47.4 Å². The molecular formula is C19H21BrN8. The summed E-state index contributed by atoms with van der Waals surface area (Å²) < 4.78 is 2.70. The van der Waals surface area contributed by atoms with Crippen molar-refractivity contribution >= 4 is 27.4 Å². The summed E-state index contributed by atoms with van der Waals surface area (Å²) in [5, 5.41) is 6.86. The summed E-state index contributed by atoms with van der Waals surface area (Å²) in [5.41, 5.74) is 2.92. The fraction of sp³-hybridized carbons (Fsp3) is 0.368. The first-order valence-electron chi connectivity index (χ1n) is 9.47. The van der Waals surface area contributed by atoms with Crippen LogP contribution in [0.2, 0.25) is 0 Å². The van der Waals surface area contributed by atoms with E-state index in [4.69, 9.17) is 4.98 Å². The molecule has 0 spiro atoms. The van der Waals surface area contributed by atoms with Crippen molar-refractivity contribution in [3.63, 3.8) is 0 Å². The number of hydrogen-bond acceptors (Lipinski definition) is 7. The molecule has 0 aromatic carbocycles. The van der Waals surface area contributed by atoms with Crippen LogP contribution in [0.1, 0.15) is 19.8 Å². The van der Waals surface area contributed by atoms with Crippen LogP contribution >= 0.6 is 15.9 Å². The van der Waals surface area contributed by atoms with Crippen LogP contribution in [0.15, 0.2) is 47.4 Å². The summed E-state index contributed by atoms with van der Waals surface area (Å²) in [6, 6.07) is 1.99. The Balaban J connectivity index is 1.43. The molecular weight excluding hydrogens is 420 g/mol. The van der Waals surface area contributed by atoms with E-state index in [2.05, 4.69) is 59.5 Å². The molecule has 5 rings (SSSR count). The van der Waals surface area contributed by atoms with Gasteiger partial charge in [-0.15, -0.1) is 0 Å². The maximum Gasteiger partial charge on any atom is 0.180 e. The predicted molar refractivity (Wildman–Crippen MR) is 110 cm³/mol. The molecule has 2 atom stereocenters. The Labute approximate surface area is 171 Å². The van der Waals surface area contributed by atoms with Crippen molar-refractivity contribution in [3.8, 4) is 11.5 Å². The van der Waals surface area contributed by atoms with Gasteiger partial charge >= 0.3 is 0 Å². The van der Waals surface area contributed by atoms with Gasteiger partial charge in [-0.25, -0.2) is 19.9 Å². The first kappa shape index (κ1) is 17.4. The third kappa shape index (κ3) is 3.19. The maximum absolute atomic E-state index is 4.86. The molecule has 0 saturated carbocycles. The van der Waals surface area contributed by atoms with E-state index in [0.717, 1.165) is 41.3 Å². The second kappa shape index (κ2) is 7.05. The number of anilines is 1. The lowest BCUT2D eigenvalue weighted by molar-refractivity contribution is 0.438. The van der Waals surface area contributed by atoms with Crippen molar-refractivity contribution in [2.75, 3.05) is 18.0 Å². The number of imidazole rings is 1. The average Bonchev–Trinajstić information content (AvgIpc) is 3.34. The molecule has 0 amide bonds. The van der Waals surface area contributed by atoms with Gasteiger partial charge in [0.25, 0.3) is 0 Å². The van der Waals surface area contributed by atoms with Crippen LogP contribution in [-0.2, 0) is 0 Å². The minimum atomic E-state index is 0.306. The fourth-order valence-corrected chi connectivity index (χ4v) is 4.21. The molecule has 3 aromatic heterocycles. The molecule has 1 fully saturated rings. The smallest absolute Gasteiger partial charge is 0.180 e. The molecule has 8 nitrogen and oxygen atoms in total. The SMILES string of the molecule is CC1NC=C(C2CCCN(c3ccnc(-c4cnc5cnc(Br)cn45)n3)C2)N1. The lowest BCUT2D eigenvalue weighted by atomic mass is 9.95. The zero-order valence-electron chi connectivity index (χ0n) is 15.5. The highest BCUT2D eigenvalue weighted by Crippen LogP contribution is 2.28. The quantitative estimate of drug-likeness (QED) is 0.647. The van der Waals surface area contributed by atoms with Crippen molar-refractivity contribution in [2.45, 2.75) is 25.9 Å². The molecule has 0 bridgehead atoms. The molecule has 1 saturated heterocycles. The number of piperidine rings is 1. The zero-order valence-corrected chi connectivity index (χ0v) is 17.1. The number of rotatable bonds is 3. The van der Waals surface area contributed by atoms with Gasteiger partial charge in [0.15, 0.2) is 11.5 Å². The molecule has 9 heteroatoms. The predicted octanol–water partition coefficient (Wildman–Crippen LogP) is 2.55. The number of aromatic nitrogens is 5. The largest absolute Gasteiger partial charge is 0.370 e. The second-order valence-corrected chi connectivity index (χ2v) is 8.05. The van der Waals surface area contributed by atoms with Crippen molar-refractivity contribution in [1.82, 2.24) is 35.0 Å². The minimum absolute atomic E-state index is 0.306. The highest BCUT2D eigenvalue weighted by atomic mass is 79.9. The van der Waals surface area contributed by atoms with E-state index in [-0.39, 0.29) is 0 Å². The van der Waals surface area contributed by atoms with Crippen LogP contribution in [-0.4, -0.2) is 43.6 Å². The summed E-state index contributed by atoms with van der Waals surface area (Å²) in [4.78, 5) is 20.3. The fourth-order valence-electron chi connectivity index (χ4n) is 3.90. The van der Waals surface area contributed by atoms with Gasteiger partial charge in [0.1, 0.15) is 16.1 Å². The van der Waals surface area contributed by atoms with Crippen LogP contribution in [0.5, 0.6) is 0 Å². The number of nitrogens with one attached hydrogen (secondary N) is 2. The van der Waals surface area contributed by atoms with Crippen LogP contribution in [0.25, 0.3) is 17.2 Å². The third-order valence-electron chi connectivity index (χ3n) is 5.29. The van der Waals surface area contributed by atoms with Gasteiger partial charge in [0.2, 0.25) is 0 Å². The Morgan fingerprint density at radius 2 is 2.14 bits per heavy atom. The molecule has 2 N–H and O–H groups in total. The standard InChI is InChI=1S/C19H21BrN8/c1-12-22-7-14(25-12)13-3-2-6-27(10-13)17-4-5-21-19(26-17)15-8-24-18-9-23-16(20)11-28(15)18/h4-5,7-9,11-13,22,25H,2-3,6,10H2,1H3. The molecule has 2 aliphatic rings. The third-order valence-corrected chi connectivity index (χ3v) is 5.70. The van der Waals surface area contributed by atoms with Gasteiger partial charge in [-0.05, 0) is 41.8 Å². The normalized spacial score (nSPS) is 22.1. The summed E-state index contributed by atoms with van der Waals surface area (Å²) in [6.07, 6.45) is 12.0. The molecule has 2 aliphatic heterocycles.